The van der Waals surface area contributed by atoms with Gasteiger partial charge in [0.2, 0.25) is 5.91 Å². The van der Waals surface area contributed by atoms with Gasteiger partial charge in [0, 0.05) is 30.7 Å². The molecular weight excluding hydrogens is 272 g/mol. The number of fused-ring (bicyclic) bond motifs is 1. The minimum absolute atomic E-state index is 0.0762. The number of aryl methyl sites for hydroxylation is 1. The summed E-state index contributed by atoms with van der Waals surface area (Å²) in [4.78, 5) is 12.1. The Kier molecular flexibility index (Phi) is 4.24. The molecule has 3 rings (SSSR count). The predicted octanol–water partition coefficient (Wildman–Crippen LogP) is 3.08. The summed E-state index contributed by atoms with van der Waals surface area (Å²) in [6.45, 7) is 0.674. The van der Waals surface area contributed by atoms with E-state index in [0.717, 1.165) is 22.9 Å². The van der Waals surface area contributed by atoms with Crippen molar-refractivity contribution in [1.82, 2.24) is 9.88 Å². The largest absolute Gasteiger partial charge is 0.355 e. The van der Waals surface area contributed by atoms with Crippen LogP contribution in [-0.4, -0.2) is 17.0 Å². The van der Waals surface area contributed by atoms with Gasteiger partial charge in [-0.25, -0.2) is 0 Å². The molecule has 0 atom stereocenters. The normalized spacial score (nSPS) is 10.8. The molecule has 0 bridgehead atoms. The van der Waals surface area contributed by atoms with E-state index in [-0.39, 0.29) is 5.91 Å². The van der Waals surface area contributed by atoms with Crippen LogP contribution in [0.1, 0.15) is 11.1 Å². The number of hydrogen-bond acceptors (Lipinski definition) is 1. The van der Waals surface area contributed by atoms with Crippen LogP contribution < -0.4 is 5.32 Å². The molecule has 2 aromatic carbocycles. The zero-order chi connectivity index (χ0) is 15.4. The third kappa shape index (κ3) is 3.19. The third-order valence-electron chi connectivity index (χ3n) is 3.91. The van der Waals surface area contributed by atoms with Gasteiger partial charge in [0.15, 0.2) is 0 Å². The first-order valence-electron chi connectivity index (χ1n) is 7.57. The topological polar surface area (TPSA) is 34.0 Å². The summed E-state index contributed by atoms with van der Waals surface area (Å²) in [7, 11) is 2.01. The molecule has 3 nitrogen and oxygen atoms in total. The van der Waals surface area contributed by atoms with Gasteiger partial charge in [-0.2, -0.15) is 0 Å². The summed E-state index contributed by atoms with van der Waals surface area (Å²) in [5.41, 5.74) is 3.48. The van der Waals surface area contributed by atoms with Crippen LogP contribution in [0.3, 0.4) is 0 Å². The first-order chi connectivity index (χ1) is 10.7. The molecule has 3 heteroatoms. The summed E-state index contributed by atoms with van der Waals surface area (Å²) < 4.78 is 2.07. The lowest BCUT2D eigenvalue weighted by molar-refractivity contribution is -0.120. The highest BCUT2D eigenvalue weighted by Gasteiger charge is 2.09. The van der Waals surface area contributed by atoms with Crippen molar-refractivity contribution in [3.8, 4) is 0 Å². The van der Waals surface area contributed by atoms with Gasteiger partial charge >= 0.3 is 0 Å². The van der Waals surface area contributed by atoms with E-state index in [4.69, 9.17) is 0 Å². The van der Waals surface area contributed by atoms with E-state index in [1.807, 2.05) is 43.6 Å². The molecule has 0 saturated heterocycles. The van der Waals surface area contributed by atoms with E-state index in [1.54, 1.807) is 0 Å². The van der Waals surface area contributed by atoms with Gasteiger partial charge in [-0.3, -0.25) is 4.79 Å². The van der Waals surface area contributed by atoms with Gasteiger partial charge in [0.05, 0.1) is 6.42 Å². The first-order valence-corrected chi connectivity index (χ1v) is 7.57. The van der Waals surface area contributed by atoms with Crippen molar-refractivity contribution in [2.45, 2.75) is 12.8 Å². The Bertz CT molecular complexity index is 774. The number of carbonyl (C=O) groups excluding carboxylic acids is 1. The summed E-state index contributed by atoms with van der Waals surface area (Å²) in [5.74, 6) is 0.0762. The molecule has 0 aliphatic carbocycles. The Morgan fingerprint density at radius 2 is 1.77 bits per heavy atom. The maximum atomic E-state index is 12.1. The second-order valence-corrected chi connectivity index (χ2v) is 5.54. The highest BCUT2D eigenvalue weighted by atomic mass is 16.1. The van der Waals surface area contributed by atoms with Crippen LogP contribution in [0.5, 0.6) is 0 Å². The second-order valence-electron chi connectivity index (χ2n) is 5.54. The molecule has 0 unspecified atom stereocenters. The number of nitrogens with zero attached hydrogens (tertiary/aromatic N) is 1. The Labute approximate surface area is 130 Å². The molecule has 0 saturated carbocycles. The zero-order valence-corrected chi connectivity index (χ0v) is 12.8. The minimum atomic E-state index is 0.0762. The Morgan fingerprint density at radius 3 is 2.59 bits per heavy atom. The lowest BCUT2D eigenvalue weighted by atomic mass is 10.1. The standard InChI is InChI=1S/C19H20N2O/c1-21-14-16(17-9-5-6-10-18(17)21)13-19(22)20-12-11-15-7-3-2-4-8-15/h2-10,14H,11-13H2,1H3,(H,20,22). The van der Waals surface area contributed by atoms with E-state index < -0.39 is 0 Å². The third-order valence-corrected chi connectivity index (χ3v) is 3.91. The number of amides is 1. The minimum Gasteiger partial charge on any atom is -0.355 e. The van der Waals surface area contributed by atoms with Crippen LogP contribution in [0.2, 0.25) is 0 Å². The molecule has 0 aliphatic heterocycles. The Balaban J connectivity index is 1.59. The van der Waals surface area contributed by atoms with Crippen molar-refractivity contribution < 1.29 is 4.79 Å². The molecule has 0 spiro atoms. The zero-order valence-electron chi connectivity index (χ0n) is 12.8. The van der Waals surface area contributed by atoms with Crippen LogP contribution in [0, 0.1) is 0 Å². The van der Waals surface area contributed by atoms with E-state index in [2.05, 4.69) is 34.1 Å². The van der Waals surface area contributed by atoms with Crippen LogP contribution >= 0.6 is 0 Å². The summed E-state index contributed by atoms with van der Waals surface area (Å²) in [6, 6.07) is 18.4. The number of hydrogen-bond donors (Lipinski definition) is 1. The lowest BCUT2D eigenvalue weighted by Crippen LogP contribution is -2.27. The highest BCUT2D eigenvalue weighted by Crippen LogP contribution is 2.20. The lowest BCUT2D eigenvalue weighted by Gasteiger charge is -2.05. The Hall–Kier alpha value is -2.55. The molecule has 22 heavy (non-hydrogen) atoms. The summed E-state index contributed by atoms with van der Waals surface area (Å²) >= 11 is 0. The van der Waals surface area contributed by atoms with Gasteiger partial charge in [-0.05, 0) is 23.6 Å². The Morgan fingerprint density at radius 1 is 1.05 bits per heavy atom. The first kappa shape index (κ1) is 14.4. The quantitative estimate of drug-likeness (QED) is 0.770. The predicted molar refractivity (Wildman–Crippen MR) is 89.8 cm³/mol. The fourth-order valence-corrected chi connectivity index (χ4v) is 2.79. The number of para-hydroxylation sites is 1. The van der Waals surface area contributed by atoms with E-state index in [0.29, 0.717) is 13.0 Å². The maximum absolute atomic E-state index is 12.1. The van der Waals surface area contributed by atoms with Gasteiger partial charge in [-0.1, -0.05) is 48.5 Å². The van der Waals surface area contributed by atoms with Crippen LogP contribution in [0.15, 0.2) is 60.8 Å². The maximum Gasteiger partial charge on any atom is 0.224 e. The molecule has 1 heterocycles. The smallest absolute Gasteiger partial charge is 0.224 e. The summed E-state index contributed by atoms with van der Waals surface area (Å²) in [6.07, 6.45) is 3.33. The van der Waals surface area contributed by atoms with Crippen molar-refractivity contribution in [1.29, 1.82) is 0 Å². The molecule has 1 amide bonds. The molecule has 1 N–H and O–H groups in total. The fraction of sp³-hybridized carbons (Fsp3) is 0.211. The average molecular weight is 292 g/mol. The number of benzene rings is 2. The molecule has 0 fully saturated rings. The van der Waals surface area contributed by atoms with Crippen molar-refractivity contribution in [2.24, 2.45) is 7.05 Å². The highest BCUT2D eigenvalue weighted by molar-refractivity contribution is 5.89. The van der Waals surface area contributed by atoms with Crippen molar-refractivity contribution >= 4 is 16.8 Å². The van der Waals surface area contributed by atoms with E-state index >= 15 is 0 Å². The van der Waals surface area contributed by atoms with Gasteiger partial charge in [-0.15, -0.1) is 0 Å². The number of nitrogens with one attached hydrogen (secondary N) is 1. The molecule has 3 aromatic rings. The van der Waals surface area contributed by atoms with Crippen molar-refractivity contribution in [3.05, 3.63) is 71.9 Å². The fourth-order valence-electron chi connectivity index (χ4n) is 2.79. The van der Waals surface area contributed by atoms with E-state index in [1.165, 1.54) is 5.56 Å². The number of rotatable bonds is 5. The second kappa shape index (κ2) is 6.48. The van der Waals surface area contributed by atoms with Crippen molar-refractivity contribution in [2.75, 3.05) is 6.54 Å². The van der Waals surface area contributed by atoms with Crippen LogP contribution in [0.4, 0.5) is 0 Å². The molecule has 112 valence electrons. The van der Waals surface area contributed by atoms with Crippen molar-refractivity contribution in [3.63, 3.8) is 0 Å². The van der Waals surface area contributed by atoms with Gasteiger partial charge in [0.1, 0.15) is 0 Å². The monoisotopic (exact) mass is 292 g/mol. The SMILES string of the molecule is Cn1cc(CC(=O)NCCc2ccccc2)c2ccccc21. The van der Waals surface area contributed by atoms with Crippen LogP contribution in [0.25, 0.3) is 10.9 Å². The molecule has 0 aliphatic rings. The van der Waals surface area contributed by atoms with Gasteiger partial charge in [0.25, 0.3) is 0 Å². The average Bonchev–Trinajstić information content (AvgIpc) is 2.85. The van der Waals surface area contributed by atoms with Crippen LogP contribution in [-0.2, 0) is 24.7 Å². The number of carbonyl (C=O) groups is 1. The van der Waals surface area contributed by atoms with Gasteiger partial charge < -0.3 is 9.88 Å². The summed E-state index contributed by atoms with van der Waals surface area (Å²) in [5, 5.41) is 4.16. The van der Waals surface area contributed by atoms with E-state index in [9.17, 15) is 4.79 Å². The molecule has 0 radical (unpaired) electrons. The molecular formula is C19H20N2O. The molecule has 1 aromatic heterocycles. The number of aromatic nitrogens is 1.